The summed E-state index contributed by atoms with van der Waals surface area (Å²) in [6.07, 6.45) is 3.47. The Balaban J connectivity index is 3.44. The molecule has 1 atom stereocenters. The summed E-state index contributed by atoms with van der Waals surface area (Å²) in [6.45, 7) is 4.56. The van der Waals surface area contributed by atoms with E-state index in [4.69, 9.17) is 14.6 Å². The number of nitrogens with one attached hydrogen (secondary N) is 1. The molecule has 0 saturated heterocycles. The first kappa shape index (κ1) is 16.4. The van der Waals surface area contributed by atoms with Crippen molar-refractivity contribution >= 4 is 5.97 Å². The first-order valence-electron chi connectivity index (χ1n) is 6.25. The topological polar surface area (TPSA) is 67.8 Å². The molecule has 0 amide bonds. The molecule has 0 radical (unpaired) electrons. The zero-order chi connectivity index (χ0) is 12.9. The molecule has 5 heteroatoms. The van der Waals surface area contributed by atoms with Crippen molar-refractivity contribution in [3.8, 4) is 0 Å². The molecule has 1 unspecified atom stereocenters. The van der Waals surface area contributed by atoms with Crippen molar-refractivity contribution in [1.82, 2.24) is 5.32 Å². The van der Waals surface area contributed by atoms with Crippen molar-refractivity contribution in [2.24, 2.45) is 0 Å². The zero-order valence-corrected chi connectivity index (χ0v) is 10.9. The molecule has 0 aromatic carbocycles. The Morgan fingerprint density at radius 2 is 2.06 bits per heavy atom. The second-order valence-electron chi connectivity index (χ2n) is 3.95. The van der Waals surface area contributed by atoms with E-state index >= 15 is 0 Å². The molecule has 17 heavy (non-hydrogen) atoms. The van der Waals surface area contributed by atoms with Crippen molar-refractivity contribution in [3.05, 3.63) is 0 Å². The third kappa shape index (κ3) is 10.2. The van der Waals surface area contributed by atoms with Crippen LogP contribution in [0.1, 0.15) is 32.6 Å². The summed E-state index contributed by atoms with van der Waals surface area (Å²) in [5, 5.41) is 12.0. The Bertz CT molecular complexity index is 187. The molecule has 0 saturated carbocycles. The van der Waals surface area contributed by atoms with E-state index in [0.717, 1.165) is 19.3 Å². The van der Waals surface area contributed by atoms with Crippen LogP contribution < -0.4 is 5.32 Å². The fourth-order valence-electron chi connectivity index (χ4n) is 1.42. The van der Waals surface area contributed by atoms with Crippen LogP contribution in [0.5, 0.6) is 0 Å². The van der Waals surface area contributed by atoms with Gasteiger partial charge in [-0.25, -0.2) is 0 Å². The zero-order valence-electron chi connectivity index (χ0n) is 10.9. The van der Waals surface area contributed by atoms with E-state index < -0.39 is 12.0 Å². The van der Waals surface area contributed by atoms with Gasteiger partial charge in [0.1, 0.15) is 6.04 Å². The van der Waals surface area contributed by atoms with E-state index in [1.807, 2.05) is 0 Å². The van der Waals surface area contributed by atoms with Crippen LogP contribution in [0.25, 0.3) is 0 Å². The molecular weight excluding hydrogens is 222 g/mol. The number of hydrogen-bond acceptors (Lipinski definition) is 4. The van der Waals surface area contributed by atoms with Gasteiger partial charge in [0.05, 0.1) is 13.2 Å². The highest BCUT2D eigenvalue weighted by molar-refractivity contribution is 5.73. The van der Waals surface area contributed by atoms with Gasteiger partial charge >= 0.3 is 5.97 Å². The van der Waals surface area contributed by atoms with Gasteiger partial charge in [-0.1, -0.05) is 19.8 Å². The SMILES string of the molecule is CCCCC(NCCCOCCOC)C(=O)O. The fourth-order valence-corrected chi connectivity index (χ4v) is 1.42. The van der Waals surface area contributed by atoms with Gasteiger partial charge in [-0.2, -0.15) is 0 Å². The summed E-state index contributed by atoms with van der Waals surface area (Å²) in [5.74, 6) is -0.765. The minimum atomic E-state index is -0.765. The van der Waals surface area contributed by atoms with Crippen LogP contribution in [0.3, 0.4) is 0 Å². The van der Waals surface area contributed by atoms with Gasteiger partial charge in [0, 0.05) is 13.7 Å². The average molecular weight is 247 g/mol. The summed E-state index contributed by atoms with van der Waals surface area (Å²) in [5.41, 5.74) is 0. The molecule has 0 heterocycles. The van der Waals surface area contributed by atoms with Crippen LogP contribution in [0.2, 0.25) is 0 Å². The van der Waals surface area contributed by atoms with Crippen LogP contribution in [-0.2, 0) is 14.3 Å². The van der Waals surface area contributed by atoms with Gasteiger partial charge in [-0.15, -0.1) is 0 Å². The third-order valence-electron chi connectivity index (χ3n) is 2.43. The number of ether oxygens (including phenoxy) is 2. The van der Waals surface area contributed by atoms with Gasteiger partial charge in [0.25, 0.3) is 0 Å². The Kier molecular flexibility index (Phi) is 11.4. The number of aliphatic carboxylic acids is 1. The van der Waals surface area contributed by atoms with Gasteiger partial charge < -0.3 is 19.9 Å². The van der Waals surface area contributed by atoms with Crippen LogP contribution in [0, 0.1) is 0 Å². The lowest BCUT2D eigenvalue weighted by Crippen LogP contribution is -2.37. The first-order valence-corrected chi connectivity index (χ1v) is 6.25. The third-order valence-corrected chi connectivity index (χ3v) is 2.43. The molecule has 0 aliphatic rings. The summed E-state index contributed by atoms with van der Waals surface area (Å²) in [6, 6.07) is -0.422. The van der Waals surface area contributed by atoms with Crippen molar-refractivity contribution in [3.63, 3.8) is 0 Å². The number of methoxy groups -OCH3 is 1. The fraction of sp³-hybridized carbons (Fsp3) is 0.917. The minimum Gasteiger partial charge on any atom is -0.480 e. The smallest absolute Gasteiger partial charge is 0.320 e. The summed E-state index contributed by atoms with van der Waals surface area (Å²) >= 11 is 0. The lowest BCUT2D eigenvalue weighted by atomic mass is 10.1. The van der Waals surface area contributed by atoms with E-state index in [1.54, 1.807) is 7.11 Å². The number of carboxylic acid groups (broad SMARTS) is 1. The summed E-state index contributed by atoms with van der Waals surface area (Å²) < 4.78 is 10.1. The number of carboxylic acids is 1. The van der Waals surface area contributed by atoms with E-state index in [0.29, 0.717) is 32.8 Å². The van der Waals surface area contributed by atoms with Gasteiger partial charge in [0.2, 0.25) is 0 Å². The standard InChI is InChI=1S/C12H25NO4/c1-3-4-6-11(12(14)15)13-7-5-8-17-10-9-16-2/h11,13H,3-10H2,1-2H3,(H,14,15). The van der Waals surface area contributed by atoms with Crippen LogP contribution in [0.4, 0.5) is 0 Å². The lowest BCUT2D eigenvalue weighted by molar-refractivity contribution is -0.139. The Hall–Kier alpha value is -0.650. The molecule has 0 aliphatic carbocycles. The first-order chi connectivity index (χ1) is 8.22. The number of carbonyl (C=O) groups is 1. The number of rotatable bonds is 12. The molecule has 0 spiro atoms. The largest absolute Gasteiger partial charge is 0.480 e. The van der Waals surface area contributed by atoms with Gasteiger partial charge in [0.15, 0.2) is 0 Å². The van der Waals surface area contributed by atoms with Crippen molar-refractivity contribution in [2.45, 2.75) is 38.6 Å². The molecule has 0 aromatic heterocycles. The monoisotopic (exact) mass is 247 g/mol. The maximum absolute atomic E-state index is 10.9. The molecule has 0 aliphatic heterocycles. The highest BCUT2D eigenvalue weighted by atomic mass is 16.5. The molecule has 2 N–H and O–H groups in total. The van der Waals surface area contributed by atoms with Crippen LogP contribution >= 0.6 is 0 Å². The number of unbranched alkanes of at least 4 members (excludes halogenated alkanes) is 1. The molecule has 102 valence electrons. The summed E-state index contributed by atoms with van der Waals surface area (Å²) in [7, 11) is 1.64. The lowest BCUT2D eigenvalue weighted by Gasteiger charge is -2.13. The normalized spacial score (nSPS) is 12.6. The van der Waals surface area contributed by atoms with E-state index in [9.17, 15) is 4.79 Å². The maximum Gasteiger partial charge on any atom is 0.320 e. The number of hydrogen-bond donors (Lipinski definition) is 2. The second-order valence-corrected chi connectivity index (χ2v) is 3.95. The minimum absolute atomic E-state index is 0.422. The van der Waals surface area contributed by atoms with E-state index in [1.165, 1.54) is 0 Å². The molecule has 0 fully saturated rings. The van der Waals surface area contributed by atoms with Crippen molar-refractivity contribution < 1.29 is 19.4 Å². The quantitative estimate of drug-likeness (QED) is 0.508. The Morgan fingerprint density at radius 3 is 2.65 bits per heavy atom. The van der Waals surface area contributed by atoms with Crippen LogP contribution in [0.15, 0.2) is 0 Å². The van der Waals surface area contributed by atoms with E-state index in [-0.39, 0.29) is 0 Å². The highest BCUT2D eigenvalue weighted by Crippen LogP contribution is 2.00. The maximum atomic E-state index is 10.9. The Morgan fingerprint density at radius 1 is 1.29 bits per heavy atom. The van der Waals surface area contributed by atoms with Gasteiger partial charge in [-0.05, 0) is 19.4 Å². The van der Waals surface area contributed by atoms with Gasteiger partial charge in [-0.3, -0.25) is 4.79 Å². The predicted molar refractivity (Wildman–Crippen MR) is 66.3 cm³/mol. The van der Waals surface area contributed by atoms with Crippen molar-refractivity contribution in [2.75, 3.05) is 33.5 Å². The van der Waals surface area contributed by atoms with E-state index in [2.05, 4.69) is 12.2 Å². The summed E-state index contributed by atoms with van der Waals surface area (Å²) in [4.78, 5) is 10.9. The molecule has 0 bridgehead atoms. The average Bonchev–Trinajstić information content (AvgIpc) is 2.31. The Labute approximate surface area is 103 Å². The molecule has 5 nitrogen and oxygen atoms in total. The molecular formula is C12H25NO4. The van der Waals surface area contributed by atoms with Crippen molar-refractivity contribution in [1.29, 1.82) is 0 Å². The predicted octanol–water partition coefficient (Wildman–Crippen LogP) is 1.27. The van der Waals surface area contributed by atoms with Crippen LogP contribution in [-0.4, -0.2) is 50.6 Å². The molecule has 0 rings (SSSR count). The molecule has 0 aromatic rings. The highest BCUT2D eigenvalue weighted by Gasteiger charge is 2.14. The second kappa shape index (κ2) is 11.8.